The number of benzene rings is 2. The van der Waals surface area contributed by atoms with E-state index in [9.17, 15) is 4.79 Å². The van der Waals surface area contributed by atoms with Gasteiger partial charge in [0, 0.05) is 40.8 Å². The Balaban J connectivity index is 1.21. The van der Waals surface area contributed by atoms with Crippen LogP contribution in [-0.2, 0) is 4.79 Å². The standard InChI is InChI=1S/C27H29BrN4O2/c1-18-30-25(22-9-5-6-10-24(22)28)14-26(31-18)23-16-32-12-11-19(23)13-20(32)15-29-27(33)17-34-21-7-3-2-4-8-21/h2-10,14,19-20,23H,11-13,15-17H2,1H3,(H,29,33)/t19-,20+,23-/m0/s1. The van der Waals surface area contributed by atoms with Gasteiger partial charge in [-0.1, -0.05) is 52.3 Å². The van der Waals surface area contributed by atoms with Gasteiger partial charge in [0.25, 0.3) is 5.91 Å². The summed E-state index contributed by atoms with van der Waals surface area (Å²) in [5, 5.41) is 3.07. The predicted octanol–water partition coefficient (Wildman–Crippen LogP) is 4.59. The molecule has 4 heterocycles. The van der Waals surface area contributed by atoms with E-state index in [1.165, 1.54) is 6.42 Å². The topological polar surface area (TPSA) is 67.4 Å². The van der Waals surface area contributed by atoms with E-state index in [4.69, 9.17) is 14.7 Å². The zero-order valence-corrected chi connectivity index (χ0v) is 20.9. The summed E-state index contributed by atoms with van der Waals surface area (Å²) >= 11 is 3.66. The molecule has 0 spiro atoms. The van der Waals surface area contributed by atoms with Crippen LogP contribution in [0.2, 0.25) is 0 Å². The molecule has 4 atom stereocenters. The number of aromatic nitrogens is 2. The first kappa shape index (κ1) is 23.0. The summed E-state index contributed by atoms with van der Waals surface area (Å²) < 4.78 is 6.61. The monoisotopic (exact) mass is 520 g/mol. The fourth-order valence-electron chi connectivity index (χ4n) is 5.22. The van der Waals surface area contributed by atoms with Gasteiger partial charge in [0.2, 0.25) is 0 Å². The van der Waals surface area contributed by atoms with Gasteiger partial charge in [0.15, 0.2) is 6.61 Å². The minimum Gasteiger partial charge on any atom is -0.484 e. The second-order valence-corrected chi connectivity index (χ2v) is 10.0. The molecule has 1 N–H and O–H groups in total. The predicted molar refractivity (Wildman–Crippen MR) is 136 cm³/mol. The normalized spacial score (nSPS) is 23.5. The molecule has 1 aromatic heterocycles. The van der Waals surface area contributed by atoms with Crippen molar-refractivity contribution in [2.45, 2.75) is 31.7 Å². The smallest absolute Gasteiger partial charge is 0.257 e. The number of para-hydroxylation sites is 1. The molecule has 0 radical (unpaired) electrons. The van der Waals surface area contributed by atoms with E-state index in [2.05, 4.69) is 38.3 Å². The van der Waals surface area contributed by atoms with Gasteiger partial charge < -0.3 is 10.1 Å². The van der Waals surface area contributed by atoms with E-state index in [0.29, 0.717) is 30.2 Å². The number of carbonyl (C=O) groups is 1. The number of ether oxygens (including phenoxy) is 1. The number of halogens is 1. The van der Waals surface area contributed by atoms with Crippen molar-refractivity contribution in [3.8, 4) is 17.0 Å². The lowest BCUT2D eigenvalue weighted by Crippen LogP contribution is -2.56. The lowest BCUT2D eigenvalue weighted by atomic mass is 9.74. The first-order valence-electron chi connectivity index (χ1n) is 11.9. The Bertz CT molecular complexity index is 1160. The molecular weight excluding hydrogens is 492 g/mol. The summed E-state index contributed by atoms with van der Waals surface area (Å²) in [6.07, 6.45) is 2.23. The molecule has 2 bridgehead atoms. The summed E-state index contributed by atoms with van der Waals surface area (Å²) in [7, 11) is 0. The molecule has 1 amide bonds. The number of nitrogens with one attached hydrogen (secondary N) is 1. The van der Waals surface area contributed by atoms with Crippen LogP contribution in [0.1, 0.15) is 30.3 Å². The molecule has 176 valence electrons. The van der Waals surface area contributed by atoms with E-state index in [1.807, 2.05) is 55.5 Å². The van der Waals surface area contributed by atoms with Crippen molar-refractivity contribution in [1.82, 2.24) is 20.2 Å². The van der Waals surface area contributed by atoms with Crippen LogP contribution in [0.3, 0.4) is 0 Å². The highest BCUT2D eigenvalue weighted by molar-refractivity contribution is 9.10. The molecule has 3 aliphatic heterocycles. The van der Waals surface area contributed by atoms with E-state index in [1.54, 1.807) is 0 Å². The van der Waals surface area contributed by atoms with Crippen LogP contribution in [0.4, 0.5) is 0 Å². The lowest BCUT2D eigenvalue weighted by Gasteiger charge is -2.49. The Labute approximate surface area is 208 Å². The molecule has 0 saturated carbocycles. The molecule has 34 heavy (non-hydrogen) atoms. The SMILES string of the molecule is Cc1nc(-c2ccccc2Br)cc([C@H]2CN3CC[C@H]2C[C@@H]3CNC(=O)COc2ccccc2)n1. The maximum absolute atomic E-state index is 12.3. The number of carbonyl (C=O) groups excluding carboxylic acids is 1. The van der Waals surface area contributed by atoms with E-state index >= 15 is 0 Å². The minimum atomic E-state index is -0.0763. The van der Waals surface area contributed by atoms with Gasteiger partial charge >= 0.3 is 0 Å². The first-order chi connectivity index (χ1) is 16.6. The average molecular weight is 521 g/mol. The molecule has 0 aliphatic carbocycles. The molecule has 7 heteroatoms. The zero-order chi connectivity index (χ0) is 23.5. The molecule has 3 fully saturated rings. The van der Waals surface area contributed by atoms with Crippen LogP contribution in [0.5, 0.6) is 5.75 Å². The third-order valence-electron chi connectivity index (χ3n) is 6.91. The molecule has 2 aromatic carbocycles. The van der Waals surface area contributed by atoms with Crippen molar-refractivity contribution in [2.75, 3.05) is 26.2 Å². The van der Waals surface area contributed by atoms with Crippen LogP contribution in [-0.4, -0.2) is 53.1 Å². The highest BCUT2D eigenvalue weighted by Gasteiger charge is 2.41. The van der Waals surface area contributed by atoms with Gasteiger partial charge in [0.05, 0.1) is 5.69 Å². The minimum absolute atomic E-state index is 0.0425. The maximum Gasteiger partial charge on any atom is 0.257 e. The Morgan fingerprint density at radius 3 is 2.71 bits per heavy atom. The van der Waals surface area contributed by atoms with E-state index in [-0.39, 0.29) is 12.5 Å². The van der Waals surface area contributed by atoms with Crippen molar-refractivity contribution in [3.63, 3.8) is 0 Å². The van der Waals surface area contributed by atoms with Gasteiger partial charge in [-0.3, -0.25) is 9.69 Å². The largest absolute Gasteiger partial charge is 0.484 e. The molecular formula is C27H29BrN4O2. The van der Waals surface area contributed by atoms with Crippen molar-refractivity contribution in [1.29, 1.82) is 0 Å². The van der Waals surface area contributed by atoms with Gasteiger partial charge in [-0.15, -0.1) is 0 Å². The molecule has 6 nitrogen and oxygen atoms in total. The summed E-state index contributed by atoms with van der Waals surface area (Å²) in [5.41, 5.74) is 3.19. The zero-order valence-electron chi connectivity index (χ0n) is 19.3. The molecule has 3 aromatic rings. The molecule has 3 saturated heterocycles. The van der Waals surface area contributed by atoms with Gasteiger partial charge in [-0.2, -0.15) is 0 Å². The highest BCUT2D eigenvalue weighted by atomic mass is 79.9. The van der Waals surface area contributed by atoms with Crippen LogP contribution in [0, 0.1) is 12.8 Å². The van der Waals surface area contributed by atoms with Crippen LogP contribution in [0.15, 0.2) is 65.1 Å². The van der Waals surface area contributed by atoms with Crippen LogP contribution >= 0.6 is 15.9 Å². The summed E-state index contributed by atoms with van der Waals surface area (Å²) in [4.78, 5) is 24.4. The van der Waals surface area contributed by atoms with Gasteiger partial charge in [-0.25, -0.2) is 9.97 Å². The molecule has 3 aliphatic rings. The summed E-state index contributed by atoms with van der Waals surface area (Å²) in [6, 6.07) is 20.2. The number of hydrogen-bond acceptors (Lipinski definition) is 5. The second-order valence-electron chi connectivity index (χ2n) is 9.15. The Morgan fingerprint density at radius 2 is 1.94 bits per heavy atom. The first-order valence-corrected chi connectivity index (χ1v) is 12.6. The Kier molecular flexibility index (Phi) is 6.92. The van der Waals surface area contributed by atoms with Crippen LogP contribution < -0.4 is 10.1 Å². The number of nitrogens with zero attached hydrogens (tertiary/aromatic N) is 3. The van der Waals surface area contributed by atoms with Gasteiger partial charge in [0.1, 0.15) is 11.6 Å². The third-order valence-corrected chi connectivity index (χ3v) is 7.61. The van der Waals surface area contributed by atoms with E-state index < -0.39 is 0 Å². The number of rotatable bonds is 7. The third kappa shape index (κ3) is 5.15. The number of hydrogen-bond donors (Lipinski definition) is 1. The molecule has 1 unspecified atom stereocenters. The lowest BCUT2D eigenvalue weighted by molar-refractivity contribution is -0.123. The number of fused-ring (bicyclic) bond motifs is 3. The number of amides is 1. The molecule has 6 rings (SSSR count). The van der Waals surface area contributed by atoms with E-state index in [0.717, 1.165) is 46.8 Å². The summed E-state index contributed by atoms with van der Waals surface area (Å²) in [6.45, 7) is 4.72. The Morgan fingerprint density at radius 1 is 1.15 bits per heavy atom. The van der Waals surface area contributed by atoms with Crippen LogP contribution in [0.25, 0.3) is 11.3 Å². The van der Waals surface area contributed by atoms with Gasteiger partial charge in [-0.05, 0) is 56.5 Å². The van der Waals surface area contributed by atoms with Crippen molar-refractivity contribution in [2.24, 2.45) is 5.92 Å². The quantitative estimate of drug-likeness (QED) is 0.493. The summed E-state index contributed by atoms with van der Waals surface area (Å²) in [5.74, 6) is 2.40. The highest BCUT2D eigenvalue weighted by Crippen LogP contribution is 2.42. The average Bonchev–Trinajstić information content (AvgIpc) is 2.87. The fourth-order valence-corrected chi connectivity index (χ4v) is 5.71. The maximum atomic E-state index is 12.3. The van der Waals surface area contributed by atoms with Crippen molar-refractivity contribution >= 4 is 21.8 Å². The van der Waals surface area contributed by atoms with Crippen molar-refractivity contribution in [3.05, 3.63) is 76.7 Å². The Hall–Kier alpha value is -2.77. The fraction of sp³-hybridized carbons (Fsp3) is 0.370. The number of aryl methyl sites for hydroxylation is 1. The number of piperidine rings is 3. The second kappa shape index (κ2) is 10.2. The van der Waals surface area contributed by atoms with Crippen molar-refractivity contribution < 1.29 is 9.53 Å².